The lowest BCUT2D eigenvalue weighted by Gasteiger charge is -2.35. The number of rotatable bonds is 9. The molecular weight excluding hydrogens is 352 g/mol. The van der Waals surface area contributed by atoms with Gasteiger partial charge in [0.15, 0.2) is 5.96 Å². The molecule has 0 bridgehead atoms. The molecule has 2 N–H and O–H groups in total. The predicted octanol–water partition coefficient (Wildman–Crippen LogP) is 2.11. The number of carbonyl (C=O) groups excluding carboxylic acids is 1. The molecule has 1 saturated heterocycles. The van der Waals surface area contributed by atoms with Gasteiger partial charge in [0.2, 0.25) is 5.91 Å². The molecule has 0 atom stereocenters. The van der Waals surface area contributed by atoms with Crippen molar-refractivity contribution >= 4 is 17.7 Å². The van der Waals surface area contributed by atoms with Gasteiger partial charge in [0.05, 0.1) is 0 Å². The van der Waals surface area contributed by atoms with Crippen LogP contribution in [0.5, 0.6) is 0 Å². The maximum atomic E-state index is 12.5. The number of hydrogen-bond donors (Lipinski definition) is 2. The van der Waals surface area contributed by atoms with Gasteiger partial charge >= 0.3 is 0 Å². The second kappa shape index (κ2) is 12.2. The first kappa shape index (κ1) is 22.0. The Balaban J connectivity index is 1.60. The summed E-state index contributed by atoms with van der Waals surface area (Å²) in [6.45, 7) is 9.18. The lowest BCUT2D eigenvalue weighted by molar-refractivity contribution is -0.131. The van der Waals surface area contributed by atoms with E-state index in [-0.39, 0.29) is 5.91 Å². The zero-order valence-electron chi connectivity index (χ0n) is 17.7. The van der Waals surface area contributed by atoms with Crippen LogP contribution in [0.15, 0.2) is 29.4 Å². The van der Waals surface area contributed by atoms with Crippen molar-refractivity contribution in [3.05, 3.63) is 24.4 Å². The minimum absolute atomic E-state index is 0.195. The maximum absolute atomic E-state index is 12.5. The number of anilines is 1. The lowest BCUT2D eigenvalue weighted by Crippen LogP contribution is -2.49. The van der Waals surface area contributed by atoms with E-state index in [0.29, 0.717) is 13.0 Å². The summed E-state index contributed by atoms with van der Waals surface area (Å²) >= 11 is 0. The summed E-state index contributed by atoms with van der Waals surface area (Å²) in [5.41, 5.74) is 0. The molecule has 2 heterocycles. The van der Waals surface area contributed by atoms with Crippen LogP contribution < -0.4 is 15.5 Å². The summed E-state index contributed by atoms with van der Waals surface area (Å²) in [7, 11) is 1.77. The number of hydrogen-bond acceptors (Lipinski definition) is 4. The summed E-state index contributed by atoms with van der Waals surface area (Å²) in [6, 6.07) is 5.93. The van der Waals surface area contributed by atoms with E-state index in [1.807, 2.05) is 29.3 Å². The third-order valence-corrected chi connectivity index (χ3v) is 4.96. The van der Waals surface area contributed by atoms with Crippen molar-refractivity contribution in [1.82, 2.24) is 20.5 Å². The lowest BCUT2D eigenvalue weighted by atomic mass is 10.1. The van der Waals surface area contributed by atoms with Crippen molar-refractivity contribution in [2.45, 2.75) is 39.5 Å². The summed E-state index contributed by atoms with van der Waals surface area (Å²) in [5, 5.41) is 6.57. The quantitative estimate of drug-likeness (QED) is 0.385. The second-order valence-corrected chi connectivity index (χ2v) is 7.62. The SMILES string of the molecule is CN=C(NCCCCC(C)C)NCCC(=O)N1CCN(c2ccccn2)CC1. The number of carbonyl (C=O) groups is 1. The Bertz CT molecular complexity index is 596. The van der Waals surface area contributed by atoms with Crippen LogP contribution in [-0.4, -0.2) is 68.1 Å². The monoisotopic (exact) mass is 388 g/mol. The summed E-state index contributed by atoms with van der Waals surface area (Å²) in [6.07, 6.45) is 5.92. The van der Waals surface area contributed by atoms with Crippen LogP contribution in [0.3, 0.4) is 0 Å². The fourth-order valence-electron chi connectivity index (χ4n) is 3.28. The molecule has 7 heteroatoms. The molecule has 1 aromatic rings. The van der Waals surface area contributed by atoms with E-state index in [0.717, 1.165) is 56.8 Å². The van der Waals surface area contributed by atoms with Gasteiger partial charge in [-0.3, -0.25) is 9.79 Å². The number of aromatic nitrogens is 1. The number of nitrogens with one attached hydrogen (secondary N) is 2. The molecule has 1 aromatic heterocycles. The second-order valence-electron chi connectivity index (χ2n) is 7.62. The van der Waals surface area contributed by atoms with Crippen LogP contribution in [-0.2, 0) is 4.79 Å². The number of amides is 1. The van der Waals surface area contributed by atoms with Gasteiger partial charge in [0.25, 0.3) is 0 Å². The molecule has 28 heavy (non-hydrogen) atoms. The molecule has 1 fully saturated rings. The van der Waals surface area contributed by atoms with E-state index in [1.54, 1.807) is 7.05 Å². The van der Waals surface area contributed by atoms with E-state index in [4.69, 9.17) is 0 Å². The van der Waals surface area contributed by atoms with Gasteiger partial charge in [-0.05, 0) is 24.5 Å². The highest BCUT2D eigenvalue weighted by molar-refractivity contribution is 5.81. The Morgan fingerprint density at radius 3 is 2.54 bits per heavy atom. The first-order chi connectivity index (χ1) is 13.6. The van der Waals surface area contributed by atoms with Gasteiger partial charge in [0, 0.05) is 58.9 Å². The first-order valence-corrected chi connectivity index (χ1v) is 10.5. The van der Waals surface area contributed by atoms with Crippen LogP contribution in [0, 0.1) is 5.92 Å². The molecular formula is C21H36N6O. The molecule has 1 amide bonds. The average Bonchev–Trinajstić information content (AvgIpc) is 2.72. The molecule has 156 valence electrons. The minimum Gasteiger partial charge on any atom is -0.356 e. The number of nitrogens with zero attached hydrogens (tertiary/aromatic N) is 4. The van der Waals surface area contributed by atoms with Gasteiger partial charge in [-0.25, -0.2) is 4.98 Å². The fourth-order valence-corrected chi connectivity index (χ4v) is 3.28. The smallest absolute Gasteiger partial charge is 0.224 e. The highest BCUT2D eigenvalue weighted by atomic mass is 16.2. The Kier molecular flexibility index (Phi) is 9.59. The number of unbranched alkanes of at least 4 members (excludes halogenated alkanes) is 1. The molecule has 0 aromatic carbocycles. The van der Waals surface area contributed by atoms with E-state index in [9.17, 15) is 4.79 Å². The summed E-state index contributed by atoms with van der Waals surface area (Å²) in [5.74, 6) is 2.71. The number of guanidine groups is 1. The zero-order chi connectivity index (χ0) is 20.2. The Morgan fingerprint density at radius 2 is 1.89 bits per heavy atom. The summed E-state index contributed by atoms with van der Waals surface area (Å²) in [4.78, 5) is 25.3. The molecule has 0 unspecified atom stereocenters. The van der Waals surface area contributed by atoms with E-state index in [2.05, 4.69) is 39.4 Å². The van der Waals surface area contributed by atoms with Gasteiger partial charge in [0.1, 0.15) is 5.82 Å². The topological polar surface area (TPSA) is 72.9 Å². The third-order valence-electron chi connectivity index (χ3n) is 4.96. The molecule has 0 aliphatic carbocycles. The standard InChI is InChI=1S/C21H36N6O/c1-18(2)8-4-6-12-24-21(22-3)25-13-10-20(28)27-16-14-26(15-17-27)19-9-5-7-11-23-19/h5,7,9,11,18H,4,6,8,10,12-17H2,1-3H3,(H2,22,24,25). The Labute approximate surface area is 169 Å². The van der Waals surface area contributed by atoms with E-state index >= 15 is 0 Å². The largest absolute Gasteiger partial charge is 0.356 e. The van der Waals surface area contributed by atoms with Crippen LogP contribution in [0.4, 0.5) is 5.82 Å². The van der Waals surface area contributed by atoms with Gasteiger partial charge in [-0.2, -0.15) is 0 Å². The predicted molar refractivity (Wildman–Crippen MR) is 116 cm³/mol. The molecule has 0 radical (unpaired) electrons. The van der Waals surface area contributed by atoms with Crippen molar-refractivity contribution in [2.75, 3.05) is 51.2 Å². The van der Waals surface area contributed by atoms with Gasteiger partial charge in [-0.1, -0.05) is 32.8 Å². The van der Waals surface area contributed by atoms with Crippen molar-refractivity contribution < 1.29 is 4.79 Å². The fraction of sp³-hybridized carbons (Fsp3) is 0.667. The van der Waals surface area contributed by atoms with Crippen LogP contribution >= 0.6 is 0 Å². The molecule has 0 spiro atoms. The molecule has 2 rings (SSSR count). The number of pyridine rings is 1. The van der Waals surface area contributed by atoms with Gasteiger partial charge < -0.3 is 20.4 Å². The average molecular weight is 389 g/mol. The minimum atomic E-state index is 0.195. The van der Waals surface area contributed by atoms with Gasteiger partial charge in [-0.15, -0.1) is 0 Å². The first-order valence-electron chi connectivity index (χ1n) is 10.5. The Hall–Kier alpha value is -2.31. The third kappa shape index (κ3) is 7.74. The molecule has 7 nitrogen and oxygen atoms in total. The normalized spacial score (nSPS) is 15.1. The highest BCUT2D eigenvalue weighted by Crippen LogP contribution is 2.12. The maximum Gasteiger partial charge on any atom is 0.224 e. The van der Waals surface area contributed by atoms with Crippen LogP contribution in [0.1, 0.15) is 39.5 Å². The van der Waals surface area contributed by atoms with Crippen molar-refractivity contribution in [1.29, 1.82) is 0 Å². The van der Waals surface area contributed by atoms with Crippen LogP contribution in [0.2, 0.25) is 0 Å². The van der Waals surface area contributed by atoms with Crippen LogP contribution in [0.25, 0.3) is 0 Å². The van der Waals surface area contributed by atoms with Crippen molar-refractivity contribution in [3.63, 3.8) is 0 Å². The molecule has 0 saturated carbocycles. The zero-order valence-corrected chi connectivity index (χ0v) is 17.7. The van der Waals surface area contributed by atoms with E-state index in [1.165, 1.54) is 12.8 Å². The van der Waals surface area contributed by atoms with Crippen molar-refractivity contribution in [2.24, 2.45) is 10.9 Å². The van der Waals surface area contributed by atoms with E-state index < -0.39 is 0 Å². The Morgan fingerprint density at radius 1 is 1.14 bits per heavy atom. The number of aliphatic imine (C=N–C) groups is 1. The summed E-state index contributed by atoms with van der Waals surface area (Å²) < 4.78 is 0. The molecule has 1 aliphatic heterocycles. The highest BCUT2D eigenvalue weighted by Gasteiger charge is 2.21. The number of piperazine rings is 1. The van der Waals surface area contributed by atoms with Crippen molar-refractivity contribution in [3.8, 4) is 0 Å². The molecule has 1 aliphatic rings.